The Hall–Kier alpha value is -0.570. The SMILES string of the molecule is O=CCCCc1ccc(Br)o1. The van der Waals surface area contributed by atoms with Gasteiger partial charge in [-0.05, 0) is 34.5 Å². The van der Waals surface area contributed by atoms with Crippen LogP contribution in [-0.4, -0.2) is 6.29 Å². The van der Waals surface area contributed by atoms with Gasteiger partial charge >= 0.3 is 0 Å². The van der Waals surface area contributed by atoms with Crippen LogP contribution in [0, 0.1) is 0 Å². The Bertz CT molecular complexity index is 230. The summed E-state index contributed by atoms with van der Waals surface area (Å²) in [7, 11) is 0. The summed E-state index contributed by atoms with van der Waals surface area (Å²) >= 11 is 3.20. The van der Waals surface area contributed by atoms with E-state index in [0.29, 0.717) is 6.42 Å². The molecule has 0 N–H and O–H groups in total. The molecule has 1 aromatic heterocycles. The number of rotatable bonds is 4. The molecule has 0 spiro atoms. The minimum atomic E-state index is 0.609. The van der Waals surface area contributed by atoms with E-state index in [1.807, 2.05) is 12.1 Å². The highest BCUT2D eigenvalue weighted by Gasteiger charge is 1.97. The molecule has 1 rings (SSSR count). The number of hydrogen-bond donors (Lipinski definition) is 0. The van der Waals surface area contributed by atoms with Gasteiger partial charge in [0.2, 0.25) is 0 Å². The van der Waals surface area contributed by atoms with E-state index in [2.05, 4.69) is 15.9 Å². The Labute approximate surface area is 73.7 Å². The molecule has 0 aliphatic heterocycles. The second-order valence-electron chi connectivity index (χ2n) is 2.26. The number of aldehydes is 1. The first-order valence-electron chi connectivity index (χ1n) is 3.51. The fourth-order valence-electron chi connectivity index (χ4n) is 0.846. The van der Waals surface area contributed by atoms with Crippen LogP contribution in [-0.2, 0) is 11.2 Å². The van der Waals surface area contributed by atoms with Crippen LogP contribution in [0.25, 0.3) is 0 Å². The van der Waals surface area contributed by atoms with Crippen molar-refractivity contribution in [3.8, 4) is 0 Å². The van der Waals surface area contributed by atoms with Crippen molar-refractivity contribution in [1.82, 2.24) is 0 Å². The maximum absolute atomic E-state index is 9.96. The van der Waals surface area contributed by atoms with Crippen LogP contribution in [0.15, 0.2) is 21.2 Å². The highest BCUT2D eigenvalue weighted by molar-refractivity contribution is 9.10. The topological polar surface area (TPSA) is 30.2 Å². The number of aryl methyl sites for hydroxylation is 1. The van der Waals surface area contributed by atoms with Gasteiger partial charge in [0.15, 0.2) is 4.67 Å². The lowest BCUT2D eigenvalue weighted by molar-refractivity contribution is -0.107. The summed E-state index contributed by atoms with van der Waals surface area (Å²) in [6, 6.07) is 3.77. The zero-order valence-corrected chi connectivity index (χ0v) is 7.63. The van der Waals surface area contributed by atoms with E-state index in [0.717, 1.165) is 29.6 Å². The second-order valence-corrected chi connectivity index (χ2v) is 3.05. The zero-order chi connectivity index (χ0) is 8.10. The minimum Gasteiger partial charge on any atom is -0.454 e. The molecular weight excluding hydrogens is 208 g/mol. The third-order valence-electron chi connectivity index (χ3n) is 1.37. The van der Waals surface area contributed by atoms with Crippen molar-refractivity contribution in [3.05, 3.63) is 22.6 Å². The van der Waals surface area contributed by atoms with Crippen LogP contribution < -0.4 is 0 Å². The number of hydrogen-bond acceptors (Lipinski definition) is 2. The third kappa shape index (κ3) is 2.89. The summed E-state index contributed by atoms with van der Waals surface area (Å²) in [6.45, 7) is 0. The Morgan fingerprint density at radius 3 is 2.91 bits per heavy atom. The predicted octanol–water partition coefficient (Wildman–Crippen LogP) is 2.56. The Kier molecular flexibility index (Phi) is 3.36. The highest BCUT2D eigenvalue weighted by atomic mass is 79.9. The van der Waals surface area contributed by atoms with E-state index in [9.17, 15) is 4.79 Å². The monoisotopic (exact) mass is 216 g/mol. The molecule has 1 heterocycles. The summed E-state index contributed by atoms with van der Waals surface area (Å²) in [4.78, 5) is 9.96. The number of unbranched alkanes of at least 4 members (excludes halogenated alkanes) is 1. The third-order valence-corrected chi connectivity index (χ3v) is 1.80. The fourth-order valence-corrected chi connectivity index (χ4v) is 1.19. The number of carbonyl (C=O) groups is 1. The Morgan fingerprint density at radius 1 is 1.55 bits per heavy atom. The Balaban J connectivity index is 2.32. The lowest BCUT2D eigenvalue weighted by Gasteiger charge is -1.90. The quantitative estimate of drug-likeness (QED) is 0.573. The van der Waals surface area contributed by atoms with E-state index in [-0.39, 0.29) is 0 Å². The van der Waals surface area contributed by atoms with E-state index in [4.69, 9.17) is 4.42 Å². The highest BCUT2D eigenvalue weighted by Crippen LogP contribution is 2.15. The molecule has 0 radical (unpaired) electrons. The number of carbonyl (C=O) groups excluding carboxylic acids is 1. The smallest absolute Gasteiger partial charge is 0.169 e. The molecule has 3 heteroatoms. The standard InChI is InChI=1S/C8H9BrO2/c9-8-5-4-7(11-8)3-1-2-6-10/h4-6H,1-3H2. The molecule has 0 atom stereocenters. The van der Waals surface area contributed by atoms with E-state index >= 15 is 0 Å². The Morgan fingerprint density at radius 2 is 2.36 bits per heavy atom. The molecule has 0 aliphatic rings. The summed E-state index contributed by atoms with van der Waals surface area (Å²) in [5.41, 5.74) is 0. The van der Waals surface area contributed by atoms with Gasteiger partial charge in [-0.3, -0.25) is 0 Å². The van der Waals surface area contributed by atoms with E-state index in [1.165, 1.54) is 0 Å². The zero-order valence-electron chi connectivity index (χ0n) is 6.05. The molecule has 0 fully saturated rings. The maximum atomic E-state index is 9.96. The molecule has 0 aliphatic carbocycles. The van der Waals surface area contributed by atoms with Crippen LogP contribution >= 0.6 is 15.9 Å². The van der Waals surface area contributed by atoms with Gasteiger partial charge in [-0.2, -0.15) is 0 Å². The summed E-state index contributed by atoms with van der Waals surface area (Å²) < 4.78 is 5.98. The van der Waals surface area contributed by atoms with Crippen LogP contribution in [0.4, 0.5) is 0 Å². The van der Waals surface area contributed by atoms with Gasteiger partial charge in [0.05, 0.1) is 0 Å². The molecule has 0 aromatic carbocycles. The molecule has 11 heavy (non-hydrogen) atoms. The number of furan rings is 1. The average molecular weight is 217 g/mol. The molecule has 0 saturated heterocycles. The maximum Gasteiger partial charge on any atom is 0.169 e. The van der Waals surface area contributed by atoms with E-state index < -0.39 is 0 Å². The van der Waals surface area contributed by atoms with Crippen LogP contribution in [0.2, 0.25) is 0 Å². The molecule has 2 nitrogen and oxygen atoms in total. The van der Waals surface area contributed by atoms with Crippen LogP contribution in [0.5, 0.6) is 0 Å². The van der Waals surface area contributed by atoms with E-state index in [1.54, 1.807) is 0 Å². The molecule has 0 unspecified atom stereocenters. The van der Waals surface area contributed by atoms with Crippen LogP contribution in [0.3, 0.4) is 0 Å². The van der Waals surface area contributed by atoms with Crippen molar-refractivity contribution in [2.45, 2.75) is 19.3 Å². The molecule has 0 amide bonds. The van der Waals surface area contributed by atoms with Crippen molar-refractivity contribution >= 4 is 22.2 Å². The van der Waals surface area contributed by atoms with Crippen molar-refractivity contribution in [3.63, 3.8) is 0 Å². The summed E-state index contributed by atoms with van der Waals surface area (Å²) in [5, 5.41) is 0. The lowest BCUT2D eigenvalue weighted by atomic mass is 10.2. The summed E-state index contributed by atoms with van der Waals surface area (Å²) in [5.74, 6) is 0.929. The predicted molar refractivity (Wildman–Crippen MR) is 45.4 cm³/mol. The first-order valence-corrected chi connectivity index (χ1v) is 4.30. The van der Waals surface area contributed by atoms with Gasteiger partial charge in [0.1, 0.15) is 12.0 Å². The average Bonchev–Trinajstić information content (AvgIpc) is 2.37. The molecule has 0 bridgehead atoms. The van der Waals surface area contributed by atoms with Gasteiger partial charge in [0, 0.05) is 12.8 Å². The van der Waals surface area contributed by atoms with Crippen molar-refractivity contribution in [2.24, 2.45) is 0 Å². The van der Waals surface area contributed by atoms with Crippen LogP contribution in [0.1, 0.15) is 18.6 Å². The van der Waals surface area contributed by atoms with Crippen molar-refractivity contribution in [1.29, 1.82) is 0 Å². The molecule has 60 valence electrons. The summed E-state index contributed by atoms with van der Waals surface area (Å²) in [6.07, 6.45) is 3.24. The van der Waals surface area contributed by atoms with Gasteiger partial charge in [-0.15, -0.1) is 0 Å². The largest absolute Gasteiger partial charge is 0.454 e. The second kappa shape index (κ2) is 4.34. The normalized spacial score (nSPS) is 9.91. The van der Waals surface area contributed by atoms with Gasteiger partial charge in [-0.25, -0.2) is 0 Å². The number of halogens is 1. The first kappa shape index (κ1) is 8.53. The van der Waals surface area contributed by atoms with Crippen molar-refractivity contribution < 1.29 is 9.21 Å². The van der Waals surface area contributed by atoms with Gasteiger partial charge in [0.25, 0.3) is 0 Å². The lowest BCUT2D eigenvalue weighted by Crippen LogP contribution is -1.82. The minimum absolute atomic E-state index is 0.609. The molecule has 0 saturated carbocycles. The fraction of sp³-hybridized carbons (Fsp3) is 0.375. The first-order chi connectivity index (χ1) is 5.33. The molecule has 1 aromatic rings. The van der Waals surface area contributed by atoms with Crippen molar-refractivity contribution in [2.75, 3.05) is 0 Å². The van der Waals surface area contributed by atoms with Gasteiger partial charge in [-0.1, -0.05) is 0 Å². The van der Waals surface area contributed by atoms with Gasteiger partial charge < -0.3 is 9.21 Å². The molecular formula is C8H9BrO2.